The number of amides is 2. The van der Waals surface area contributed by atoms with Crippen molar-refractivity contribution in [2.75, 3.05) is 17.1 Å². The van der Waals surface area contributed by atoms with Crippen LogP contribution in [-0.4, -0.2) is 25.0 Å². The highest BCUT2D eigenvalue weighted by Gasteiger charge is 2.60. The van der Waals surface area contributed by atoms with E-state index in [1.54, 1.807) is 36.4 Å². The van der Waals surface area contributed by atoms with E-state index in [-0.39, 0.29) is 11.8 Å². The molecule has 30 heavy (non-hydrogen) atoms. The maximum absolute atomic E-state index is 13.5. The van der Waals surface area contributed by atoms with Gasteiger partial charge < -0.3 is 4.74 Å². The van der Waals surface area contributed by atoms with Gasteiger partial charge in [-0.3, -0.25) is 14.4 Å². The molecule has 2 aliphatic heterocycles. The summed E-state index contributed by atoms with van der Waals surface area (Å²) in [4.78, 5) is 34.1. The number of carbonyl (C=O) groups is 2. The molecule has 2 aliphatic rings. The van der Waals surface area contributed by atoms with Crippen LogP contribution in [0.5, 0.6) is 5.75 Å². The Balaban J connectivity index is 1.60. The Labute approximate surface area is 174 Å². The van der Waals surface area contributed by atoms with Crippen molar-refractivity contribution >= 4 is 23.2 Å². The van der Waals surface area contributed by atoms with E-state index in [0.717, 1.165) is 11.3 Å². The van der Waals surface area contributed by atoms with E-state index < -0.39 is 18.1 Å². The van der Waals surface area contributed by atoms with Gasteiger partial charge in [0.1, 0.15) is 11.7 Å². The number of imide groups is 1. The third-order valence-electron chi connectivity index (χ3n) is 5.58. The molecule has 2 saturated heterocycles. The Morgan fingerprint density at radius 1 is 0.800 bits per heavy atom. The second-order valence-electron chi connectivity index (χ2n) is 7.28. The lowest BCUT2D eigenvalue weighted by molar-refractivity contribution is -0.126. The molecule has 150 valence electrons. The van der Waals surface area contributed by atoms with Gasteiger partial charge in [-0.2, -0.15) is 0 Å². The Bertz CT molecular complexity index is 1090. The van der Waals surface area contributed by atoms with E-state index in [9.17, 15) is 9.59 Å². The zero-order valence-corrected chi connectivity index (χ0v) is 16.3. The molecular weight excluding hydrogens is 380 g/mol. The lowest BCUT2D eigenvalue weighted by Gasteiger charge is -2.29. The average molecular weight is 400 g/mol. The van der Waals surface area contributed by atoms with E-state index in [1.807, 2.05) is 60.7 Å². The molecule has 2 fully saturated rings. The van der Waals surface area contributed by atoms with Crippen LogP contribution >= 0.6 is 0 Å². The number of para-hydroxylation sites is 2. The summed E-state index contributed by atoms with van der Waals surface area (Å²) in [7, 11) is 1.60. The fourth-order valence-electron chi connectivity index (χ4n) is 4.21. The van der Waals surface area contributed by atoms with Crippen molar-refractivity contribution in [3.05, 3.63) is 90.5 Å². The summed E-state index contributed by atoms with van der Waals surface area (Å²) in [5, 5.41) is 1.68. The predicted molar refractivity (Wildman–Crippen MR) is 112 cm³/mol. The van der Waals surface area contributed by atoms with Crippen LogP contribution in [-0.2, 0) is 14.4 Å². The molecule has 0 N–H and O–H groups in total. The van der Waals surface area contributed by atoms with Crippen molar-refractivity contribution in [1.29, 1.82) is 0 Å². The summed E-state index contributed by atoms with van der Waals surface area (Å²) in [5.41, 5.74) is 2.19. The number of rotatable bonds is 4. The van der Waals surface area contributed by atoms with Crippen LogP contribution in [0.1, 0.15) is 11.6 Å². The minimum Gasteiger partial charge on any atom is -0.497 e. The van der Waals surface area contributed by atoms with Crippen LogP contribution in [0.25, 0.3) is 0 Å². The lowest BCUT2D eigenvalue weighted by atomic mass is 9.90. The number of hydrogen-bond acceptors (Lipinski definition) is 5. The summed E-state index contributed by atoms with van der Waals surface area (Å²) in [6.07, 6.45) is -0.880. The van der Waals surface area contributed by atoms with Gasteiger partial charge in [-0.25, -0.2) is 9.96 Å². The van der Waals surface area contributed by atoms with Crippen molar-refractivity contribution < 1.29 is 19.2 Å². The molecule has 3 aromatic rings. The van der Waals surface area contributed by atoms with E-state index in [4.69, 9.17) is 9.57 Å². The number of hydroxylamine groups is 1. The quantitative estimate of drug-likeness (QED) is 0.625. The smallest absolute Gasteiger partial charge is 0.266 e. The fourth-order valence-corrected chi connectivity index (χ4v) is 4.21. The number of anilines is 2. The number of fused-ring (bicyclic) bond motifs is 1. The predicted octanol–water partition coefficient (Wildman–Crippen LogP) is 3.75. The van der Waals surface area contributed by atoms with E-state index in [2.05, 4.69) is 0 Å². The molecule has 6 nitrogen and oxygen atoms in total. The number of carbonyl (C=O) groups excluding carboxylic acids is 2. The van der Waals surface area contributed by atoms with Crippen LogP contribution in [0.15, 0.2) is 84.9 Å². The number of benzene rings is 3. The maximum atomic E-state index is 13.5. The monoisotopic (exact) mass is 400 g/mol. The van der Waals surface area contributed by atoms with Crippen LogP contribution < -0.4 is 14.7 Å². The summed E-state index contributed by atoms with van der Waals surface area (Å²) in [6, 6.07) is 25.6. The Morgan fingerprint density at radius 3 is 2.13 bits per heavy atom. The third kappa shape index (κ3) is 2.84. The normalized spacial score (nSPS) is 23.0. The molecule has 6 heteroatoms. The summed E-state index contributed by atoms with van der Waals surface area (Å²) < 4.78 is 5.38. The lowest BCUT2D eigenvalue weighted by Crippen LogP contribution is -2.37. The van der Waals surface area contributed by atoms with Crippen molar-refractivity contribution in [3.63, 3.8) is 0 Å². The van der Waals surface area contributed by atoms with E-state index in [1.165, 1.54) is 4.90 Å². The van der Waals surface area contributed by atoms with E-state index >= 15 is 0 Å². The largest absolute Gasteiger partial charge is 0.497 e. The Morgan fingerprint density at radius 2 is 1.47 bits per heavy atom. The van der Waals surface area contributed by atoms with Crippen molar-refractivity contribution in [2.24, 2.45) is 5.92 Å². The molecule has 3 atom stereocenters. The van der Waals surface area contributed by atoms with Crippen LogP contribution in [0.4, 0.5) is 11.4 Å². The van der Waals surface area contributed by atoms with Gasteiger partial charge >= 0.3 is 0 Å². The van der Waals surface area contributed by atoms with Gasteiger partial charge in [-0.1, -0.05) is 48.5 Å². The Hall–Kier alpha value is -3.64. The third-order valence-corrected chi connectivity index (χ3v) is 5.58. The molecule has 0 aliphatic carbocycles. The van der Waals surface area contributed by atoms with E-state index in [0.29, 0.717) is 11.4 Å². The molecule has 2 heterocycles. The van der Waals surface area contributed by atoms with Crippen LogP contribution in [0, 0.1) is 5.92 Å². The van der Waals surface area contributed by atoms with Crippen LogP contribution in [0.2, 0.25) is 0 Å². The highest BCUT2D eigenvalue weighted by molar-refractivity contribution is 6.23. The summed E-state index contributed by atoms with van der Waals surface area (Å²) in [6.45, 7) is 0. The van der Waals surface area contributed by atoms with Gasteiger partial charge in [0.15, 0.2) is 6.10 Å². The standard InChI is InChI=1S/C24H20N2O4/c1-29-19-14-8-9-16(15-19)21-20-22(30-26(21)18-12-6-3-7-13-18)24(28)25(23(20)27)17-10-4-2-5-11-17/h2-15,20-22H,1H3/t20-,21-,22-/m0/s1. The molecule has 0 saturated carbocycles. The SMILES string of the molecule is COc1cccc([C@H]2[C@@H]3C(=O)N(c4ccccc4)C(=O)[C@H]3ON2c2ccccc2)c1. The minimum absolute atomic E-state index is 0.262. The van der Waals surface area contributed by atoms with Gasteiger partial charge in [0.2, 0.25) is 5.91 Å². The molecule has 0 bridgehead atoms. The minimum atomic E-state index is -0.880. The molecule has 3 aromatic carbocycles. The first-order valence-corrected chi connectivity index (χ1v) is 9.77. The molecule has 0 unspecified atom stereocenters. The molecule has 0 spiro atoms. The van der Waals surface area contributed by atoms with Crippen molar-refractivity contribution in [3.8, 4) is 5.75 Å². The fraction of sp³-hybridized carbons (Fsp3) is 0.167. The highest BCUT2D eigenvalue weighted by atomic mass is 16.7. The highest BCUT2D eigenvalue weighted by Crippen LogP contribution is 2.47. The average Bonchev–Trinajstić information content (AvgIpc) is 3.31. The molecule has 0 aromatic heterocycles. The second kappa shape index (κ2) is 7.31. The summed E-state index contributed by atoms with van der Waals surface area (Å²) >= 11 is 0. The van der Waals surface area contributed by atoms with Gasteiger partial charge in [0.25, 0.3) is 5.91 Å². The zero-order chi connectivity index (χ0) is 20.7. The molecule has 5 rings (SSSR count). The maximum Gasteiger partial charge on any atom is 0.266 e. The van der Waals surface area contributed by atoms with Gasteiger partial charge in [-0.05, 0) is 42.0 Å². The first-order valence-electron chi connectivity index (χ1n) is 9.77. The van der Waals surface area contributed by atoms with Crippen molar-refractivity contribution in [2.45, 2.75) is 12.1 Å². The number of hydrogen-bond donors (Lipinski definition) is 0. The van der Waals surface area contributed by atoms with Crippen molar-refractivity contribution in [1.82, 2.24) is 0 Å². The Kier molecular flexibility index (Phi) is 4.48. The first-order chi connectivity index (χ1) is 14.7. The van der Waals surface area contributed by atoms with Crippen LogP contribution in [0.3, 0.4) is 0 Å². The second-order valence-corrected chi connectivity index (χ2v) is 7.28. The zero-order valence-electron chi connectivity index (χ0n) is 16.3. The topological polar surface area (TPSA) is 59.1 Å². The molecular formula is C24H20N2O4. The van der Waals surface area contributed by atoms with Gasteiger partial charge in [0, 0.05) is 0 Å². The number of methoxy groups -OCH3 is 1. The molecule has 0 radical (unpaired) electrons. The summed E-state index contributed by atoms with van der Waals surface area (Å²) in [5.74, 6) is -0.587. The molecule has 2 amide bonds. The first kappa shape index (κ1) is 18.4. The number of nitrogens with zero attached hydrogens (tertiary/aromatic N) is 2. The van der Waals surface area contributed by atoms with Gasteiger partial charge in [-0.15, -0.1) is 0 Å². The number of ether oxygens (including phenoxy) is 1. The van der Waals surface area contributed by atoms with Gasteiger partial charge in [0.05, 0.1) is 24.5 Å².